The van der Waals surface area contributed by atoms with Crippen molar-refractivity contribution >= 4 is 10.8 Å². The fourth-order valence-corrected chi connectivity index (χ4v) is 4.10. The molecule has 2 N–H and O–H groups in total. The topological polar surface area (TPSA) is 71.1 Å². The smallest absolute Gasteiger partial charge is 0.228 e. The van der Waals surface area contributed by atoms with Crippen molar-refractivity contribution in [2.24, 2.45) is 0 Å². The summed E-state index contributed by atoms with van der Waals surface area (Å²) < 4.78 is 8.07. The van der Waals surface area contributed by atoms with Crippen LogP contribution in [-0.4, -0.2) is 21.3 Å². The van der Waals surface area contributed by atoms with Gasteiger partial charge < -0.3 is 14.4 Å². The molecule has 5 rings (SSSR count). The molecule has 0 saturated heterocycles. The molecule has 0 bridgehead atoms. The van der Waals surface area contributed by atoms with Crippen LogP contribution in [-0.2, 0) is 6.54 Å². The first kappa shape index (κ1) is 17.6. The molecule has 144 valence electrons. The van der Waals surface area contributed by atoms with Gasteiger partial charge in [0.05, 0.1) is 5.56 Å². The summed E-state index contributed by atoms with van der Waals surface area (Å²) in [6, 6.07) is 22.6. The Hall–Kier alpha value is -3.44. The fraction of sp³-hybridized carbons (Fsp3) is 0.167. The second-order valence-corrected chi connectivity index (χ2v) is 7.23. The number of aryl methyl sites for hydroxylation is 1. The maximum Gasteiger partial charge on any atom is 0.228 e. The minimum absolute atomic E-state index is 0.0803. The van der Waals surface area contributed by atoms with Gasteiger partial charge in [0.2, 0.25) is 5.88 Å². The van der Waals surface area contributed by atoms with Crippen molar-refractivity contribution in [2.45, 2.75) is 18.9 Å². The zero-order valence-corrected chi connectivity index (χ0v) is 15.9. The molecule has 1 aliphatic heterocycles. The molecule has 0 amide bonds. The van der Waals surface area contributed by atoms with Gasteiger partial charge in [-0.3, -0.25) is 5.41 Å². The first-order valence-corrected chi connectivity index (χ1v) is 9.77. The van der Waals surface area contributed by atoms with Crippen molar-refractivity contribution in [1.29, 1.82) is 5.41 Å². The third kappa shape index (κ3) is 2.91. The van der Waals surface area contributed by atoms with Gasteiger partial charge in [-0.1, -0.05) is 66.7 Å². The molecular weight excluding hydrogens is 362 g/mol. The quantitative estimate of drug-likeness (QED) is 0.489. The van der Waals surface area contributed by atoms with Crippen LogP contribution in [0.2, 0.25) is 0 Å². The summed E-state index contributed by atoms with van der Waals surface area (Å²) in [5.41, 5.74) is 3.27. The number of ether oxygens (including phenoxy) is 1. The van der Waals surface area contributed by atoms with Crippen LogP contribution in [0.1, 0.15) is 29.0 Å². The predicted octanol–water partition coefficient (Wildman–Crippen LogP) is 4.18. The highest BCUT2D eigenvalue weighted by atomic mass is 16.5. The molecule has 0 spiro atoms. The number of aromatic nitrogens is 2. The van der Waals surface area contributed by atoms with Gasteiger partial charge in [-0.25, -0.2) is 4.98 Å². The summed E-state index contributed by atoms with van der Waals surface area (Å²) in [6.07, 6.45) is 2.21. The van der Waals surface area contributed by atoms with Crippen LogP contribution in [0.5, 0.6) is 11.6 Å². The van der Waals surface area contributed by atoms with Gasteiger partial charge in [0.15, 0.2) is 0 Å². The van der Waals surface area contributed by atoms with Gasteiger partial charge in [0.1, 0.15) is 17.6 Å². The number of nitrogens with zero attached hydrogens (tertiary/aromatic N) is 2. The minimum Gasteiger partial charge on any atom is -0.438 e. The van der Waals surface area contributed by atoms with E-state index in [9.17, 15) is 5.11 Å². The van der Waals surface area contributed by atoms with E-state index < -0.39 is 0 Å². The lowest BCUT2D eigenvalue weighted by molar-refractivity contribution is 0.278. The molecule has 5 nitrogen and oxygen atoms in total. The molecule has 2 heterocycles. The summed E-state index contributed by atoms with van der Waals surface area (Å²) in [4.78, 5) is 4.55. The molecule has 29 heavy (non-hydrogen) atoms. The molecule has 0 aliphatic carbocycles. The number of aliphatic hydroxyl groups excluding tert-OH is 1. The Morgan fingerprint density at radius 3 is 2.62 bits per heavy atom. The maximum atomic E-state index is 9.20. The Morgan fingerprint density at radius 1 is 1.00 bits per heavy atom. The Labute approximate surface area is 168 Å². The van der Waals surface area contributed by atoms with Gasteiger partial charge >= 0.3 is 0 Å². The van der Waals surface area contributed by atoms with Crippen molar-refractivity contribution in [3.63, 3.8) is 0 Å². The average molecular weight is 383 g/mol. The van der Waals surface area contributed by atoms with Crippen LogP contribution >= 0.6 is 0 Å². The second-order valence-electron chi connectivity index (χ2n) is 7.23. The number of benzene rings is 3. The summed E-state index contributed by atoms with van der Waals surface area (Å²) in [5.74, 6) is 1.15. The van der Waals surface area contributed by atoms with Gasteiger partial charge in [-0.05, 0) is 17.4 Å². The van der Waals surface area contributed by atoms with E-state index in [1.807, 2.05) is 30.3 Å². The van der Waals surface area contributed by atoms with E-state index in [4.69, 9.17) is 10.1 Å². The molecule has 0 saturated carbocycles. The average Bonchev–Trinajstić information content (AvgIpc) is 2.78. The summed E-state index contributed by atoms with van der Waals surface area (Å²) in [6.45, 7) is 0.624. The fourth-order valence-electron chi connectivity index (χ4n) is 4.10. The lowest BCUT2D eigenvalue weighted by atomic mass is 9.83. The van der Waals surface area contributed by atoms with Gasteiger partial charge in [0.25, 0.3) is 0 Å². The largest absolute Gasteiger partial charge is 0.438 e. The highest BCUT2D eigenvalue weighted by molar-refractivity contribution is 5.91. The van der Waals surface area contributed by atoms with Crippen molar-refractivity contribution < 1.29 is 9.84 Å². The number of hydrogen-bond donors (Lipinski definition) is 2. The molecule has 4 aromatic rings. The van der Waals surface area contributed by atoms with Gasteiger partial charge in [0, 0.05) is 30.0 Å². The molecule has 3 aromatic carbocycles. The Morgan fingerprint density at radius 2 is 1.79 bits per heavy atom. The predicted molar refractivity (Wildman–Crippen MR) is 111 cm³/mol. The normalized spacial score (nSPS) is 14.9. The lowest BCUT2D eigenvalue weighted by Gasteiger charge is -2.29. The van der Waals surface area contributed by atoms with Crippen LogP contribution in [0.25, 0.3) is 10.8 Å². The molecular formula is C24H21N3O2. The Bertz CT molecular complexity index is 1250. The summed E-state index contributed by atoms with van der Waals surface area (Å²) >= 11 is 0. The highest BCUT2D eigenvalue weighted by Crippen LogP contribution is 2.47. The monoisotopic (exact) mass is 383 g/mol. The first-order chi connectivity index (χ1) is 14.3. The summed E-state index contributed by atoms with van der Waals surface area (Å²) in [7, 11) is 0. The molecule has 1 aliphatic rings. The number of fused-ring (bicyclic) bond motifs is 4. The van der Waals surface area contributed by atoms with Gasteiger partial charge in [-0.2, -0.15) is 0 Å². The second kappa shape index (κ2) is 7.18. The standard InChI is InChI=1S/C24H21N3O2/c25-23-21-20(17-8-2-1-3-9-17)19-12-11-16-7-4-5-10-18(16)22(19)29-24(21)26-15-27(23)13-6-14-28/h1-5,7-12,15,20,25,28H,6,13-14H2/t20-/m1/s1. The van der Waals surface area contributed by atoms with E-state index in [2.05, 4.69) is 41.4 Å². The number of nitrogens with one attached hydrogen (secondary N) is 1. The van der Waals surface area contributed by atoms with Crippen molar-refractivity contribution in [1.82, 2.24) is 9.55 Å². The number of hydrogen-bond acceptors (Lipinski definition) is 4. The van der Waals surface area contributed by atoms with E-state index in [1.165, 1.54) is 0 Å². The Kier molecular flexibility index (Phi) is 4.37. The zero-order chi connectivity index (χ0) is 19.8. The van der Waals surface area contributed by atoms with E-state index in [0.29, 0.717) is 24.3 Å². The van der Waals surface area contributed by atoms with Gasteiger partial charge in [-0.15, -0.1) is 0 Å². The minimum atomic E-state index is -0.138. The molecule has 0 radical (unpaired) electrons. The van der Waals surface area contributed by atoms with E-state index >= 15 is 0 Å². The maximum absolute atomic E-state index is 9.20. The van der Waals surface area contributed by atoms with Crippen LogP contribution < -0.4 is 10.2 Å². The van der Waals surface area contributed by atoms with Crippen LogP contribution in [0.4, 0.5) is 0 Å². The molecule has 1 atom stereocenters. The van der Waals surface area contributed by atoms with Crippen molar-refractivity contribution in [2.75, 3.05) is 6.61 Å². The lowest BCUT2D eigenvalue weighted by Crippen LogP contribution is -2.30. The number of aliphatic hydroxyl groups is 1. The number of rotatable bonds is 4. The van der Waals surface area contributed by atoms with Crippen molar-refractivity contribution in [3.8, 4) is 11.6 Å². The zero-order valence-electron chi connectivity index (χ0n) is 15.9. The van der Waals surface area contributed by atoms with Crippen LogP contribution in [0, 0.1) is 5.41 Å². The highest BCUT2D eigenvalue weighted by Gasteiger charge is 2.32. The Balaban J connectivity index is 1.78. The molecule has 0 unspecified atom stereocenters. The summed E-state index contributed by atoms with van der Waals surface area (Å²) in [5, 5.41) is 20.2. The van der Waals surface area contributed by atoms with E-state index in [0.717, 1.165) is 33.2 Å². The van der Waals surface area contributed by atoms with E-state index in [1.54, 1.807) is 10.9 Å². The van der Waals surface area contributed by atoms with E-state index in [-0.39, 0.29) is 12.5 Å². The SMILES string of the molecule is N=c1c2c(ncn1CCCO)Oc1c(ccc3ccccc13)[C@H]2c1ccccc1. The third-order valence-corrected chi connectivity index (χ3v) is 5.49. The van der Waals surface area contributed by atoms with Crippen LogP contribution in [0.15, 0.2) is 73.1 Å². The third-order valence-electron chi connectivity index (χ3n) is 5.49. The molecule has 5 heteroatoms. The molecule has 0 fully saturated rings. The van der Waals surface area contributed by atoms with Crippen LogP contribution in [0.3, 0.4) is 0 Å². The van der Waals surface area contributed by atoms with Crippen molar-refractivity contribution in [3.05, 3.63) is 95.2 Å². The first-order valence-electron chi connectivity index (χ1n) is 9.77. The molecule has 1 aromatic heterocycles.